The van der Waals surface area contributed by atoms with Crippen molar-refractivity contribution in [1.29, 1.82) is 0 Å². The molecule has 160 valence electrons. The Morgan fingerprint density at radius 1 is 1.13 bits per heavy atom. The zero-order chi connectivity index (χ0) is 21.3. The predicted molar refractivity (Wildman–Crippen MR) is 115 cm³/mol. The van der Waals surface area contributed by atoms with Crippen LogP contribution in [0.2, 0.25) is 0 Å². The summed E-state index contributed by atoms with van der Waals surface area (Å²) >= 11 is 0. The third-order valence-electron chi connectivity index (χ3n) is 5.13. The zero-order valence-electron chi connectivity index (χ0n) is 17.1. The fourth-order valence-corrected chi connectivity index (χ4v) is 3.42. The molecule has 0 aromatic heterocycles. The molecule has 4 N–H and O–H groups in total. The number of ether oxygens (including phenoxy) is 1. The van der Waals surface area contributed by atoms with E-state index in [0.717, 1.165) is 24.2 Å². The van der Waals surface area contributed by atoms with Crippen LogP contribution in [0.1, 0.15) is 27.5 Å². The Morgan fingerprint density at radius 2 is 1.80 bits per heavy atom. The van der Waals surface area contributed by atoms with Crippen molar-refractivity contribution < 1.29 is 13.9 Å². The molecule has 1 fully saturated rings. The van der Waals surface area contributed by atoms with Crippen molar-refractivity contribution >= 4 is 11.9 Å². The zero-order valence-corrected chi connectivity index (χ0v) is 17.1. The van der Waals surface area contributed by atoms with E-state index in [2.05, 4.69) is 20.5 Å². The number of nitrogens with one attached hydrogen (secondary N) is 2. The highest BCUT2D eigenvalue weighted by molar-refractivity contribution is 5.92. The lowest BCUT2D eigenvalue weighted by Crippen LogP contribution is -2.46. The van der Waals surface area contributed by atoms with Crippen molar-refractivity contribution in [3.05, 3.63) is 71.0 Å². The number of aliphatic imine (C=N–C) groups is 1. The van der Waals surface area contributed by atoms with Gasteiger partial charge in [-0.15, -0.1) is 0 Å². The summed E-state index contributed by atoms with van der Waals surface area (Å²) in [7, 11) is 1.72. The van der Waals surface area contributed by atoms with Crippen LogP contribution >= 0.6 is 0 Å². The van der Waals surface area contributed by atoms with E-state index in [-0.39, 0.29) is 11.9 Å². The van der Waals surface area contributed by atoms with Crippen LogP contribution < -0.4 is 16.4 Å². The first-order valence-corrected chi connectivity index (χ1v) is 9.97. The molecule has 0 saturated carbocycles. The molecule has 0 aliphatic carbocycles. The quantitative estimate of drug-likeness (QED) is 0.474. The molecule has 1 amide bonds. The van der Waals surface area contributed by atoms with Gasteiger partial charge in [0.05, 0.1) is 19.3 Å². The van der Waals surface area contributed by atoms with Crippen LogP contribution in [0.15, 0.2) is 53.5 Å². The maximum atomic E-state index is 13.4. The van der Waals surface area contributed by atoms with Gasteiger partial charge in [-0.05, 0) is 35.4 Å². The van der Waals surface area contributed by atoms with E-state index in [9.17, 15) is 9.18 Å². The molecule has 1 aliphatic rings. The van der Waals surface area contributed by atoms with Gasteiger partial charge in [0, 0.05) is 38.8 Å². The second kappa shape index (κ2) is 10.7. The number of primary amides is 1. The minimum absolute atomic E-state index is 0.0721. The van der Waals surface area contributed by atoms with E-state index in [1.54, 1.807) is 19.2 Å². The van der Waals surface area contributed by atoms with Crippen LogP contribution in [0.5, 0.6) is 0 Å². The number of morpholine rings is 1. The average Bonchev–Trinajstić information content (AvgIpc) is 2.78. The summed E-state index contributed by atoms with van der Waals surface area (Å²) < 4.78 is 18.9. The second-order valence-electron chi connectivity index (χ2n) is 7.08. The van der Waals surface area contributed by atoms with Gasteiger partial charge in [0.1, 0.15) is 5.82 Å². The van der Waals surface area contributed by atoms with Gasteiger partial charge < -0.3 is 21.1 Å². The Bertz CT molecular complexity index is 849. The number of carbonyl (C=O) groups is 1. The highest BCUT2D eigenvalue weighted by atomic mass is 19.1. The topological polar surface area (TPSA) is 92.0 Å². The van der Waals surface area contributed by atoms with Crippen LogP contribution in [-0.4, -0.2) is 56.7 Å². The van der Waals surface area contributed by atoms with Crippen molar-refractivity contribution in [3.8, 4) is 0 Å². The highest BCUT2D eigenvalue weighted by Crippen LogP contribution is 2.21. The third-order valence-corrected chi connectivity index (χ3v) is 5.13. The van der Waals surface area contributed by atoms with E-state index >= 15 is 0 Å². The van der Waals surface area contributed by atoms with Crippen LogP contribution in [0, 0.1) is 5.82 Å². The Kier molecular flexibility index (Phi) is 7.75. The lowest BCUT2D eigenvalue weighted by molar-refractivity contribution is 0.0170. The number of hydrogen-bond donors (Lipinski definition) is 3. The molecule has 1 aliphatic heterocycles. The fourth-order valence-electron chi connectivity index (χ4n) is 3.42. The first-order chi connectivity index (χ1) is 14.6. The standard InChI is InChI=1S/C22H28FN5O2/c1-25-22(26-14-16-2-4-18(5-3-16)21(24)29)27-15-20(28-10-12-30-13-11-28)17-6-8-19(23)9-7-17/h2-9,20H,10-15H2,1H3,(H2,24,29)(H2,25,26,27). The van der Waals surface area contributed by atoms with Gasteiger partial charge in [-0.25, -0.2) is 4.39 Å². The highest BCUT2D eigenvalue weighted by Gasteiger charge is 2.23. The van der Waals surface area contributed by atoms with Crippen molar-refractivity contribution in [2.45, 2.75) is 12.6 Å². The molecule has 8 heteroatoms. The van der Waals surface area contributed by atoms with Crippen LogP contribution in [0.3, 0.4) is 0 Å². The molecule has 3 rings (SSSR count). The Balaban J connectivity index is 1.60. The first-order valence-electron chi connectivity index (χ1n) is 9.97. The van der Waals surface area contributed by atoms with Gasteiger partial charge in [-0.2, -0.15) is 0 Å². The normalized spacial score (nSPS) is 16.1. The molecular weight excluding hydrogens is 385 g/mol. The average molecular weight is 413 g/mol. The summed E-state index contributed by atoms with van der Waals surface area (Å²) in [6, 6.07) is 13.8. The van der Waals surface area contributed by atoms with Crippen molar-refractivity contribution in [2.24, 2.45) is 10.7 Å². The number of hydrogen-bond acceptors (Lipinski definition) is 4. The molecule has 0 spiro atoms. The predicted octanol–water partition coefficient (Wildman–Crippen LogP) is 1.66. The number of nitrogens with zero attached hydrogens (tertiary/aromatic N) is 2. The summed E-state index contributed by atoms with van der Waals surface area (Å²) in [5.74, 6) is -0.0245. The monoisotopic (exact) mass is 413 g/mol. The second-order valence-corrected chi connectivity index (χ2v) is 7.08. The van der Waals surface area contributed by atoms with E-state index in [1.165, 1.54) is 12.1 Å². The maximum Gasteiger partial charge on any atom is 0.248 e. The molecule has 30 heavy (non-hydrogen) atoms. The first kappa shape index (κ1) is 21.7. The molecule has 0 radical (unpaired) electrons. The van der Waals surface area contributed by atoms with Gasteiger partial charge in [-0.3, -0.25) is 14.7 Å². The van der Waals surface area contributed by atoms with Crippen molar-refractivity contribution in [2.75, 3.05) is 39.9 Å². The summed E-state index contributed by atoms with van der Waals surface area (Å²) in [6.45, 7) is 4.19. The summed E-state index contributed by atoms with van der Waals surface area (Å²) in [4.78, 5) is 17.8. The van der Waals surface area contributed by atoms with Crippen LogP contribution in [-0.2, 0) is 11.3 Å². The minimum Gasteiger partial charge on any atom is -0.379 e. The van der Waals surface area contributed by atoms with E-state index in [0.29, 0.717) is 37.8 Å². The molecular formula is C22H28FN5O2. The summed E-state index contributed by atoms with van der Waals surface area (Å²) in [5, 5.41) is 6.64. The number of carbonyl (C=O) groups excluding carboxylic acids is 1. The smallest absolute Gasteiger partial charge is 0.248 e. The van der Waals surface area contributed by atoms with E-state index in [4.69, 9.17) is 10.5 Å². The Labute approximate surface area is 176 Å². The lowest BCUT2D eigenvalue weighted by Gasteiger charge is -2.35. The molecule has 0 bridgehead atoms. The molecule has 1 unspecified atom stereocenters. The Hall–Kier alpha value is -2.97. The van der Waals surface area contributed by atoms with Gasteiger partial charge in [0.2, 0.25) is 5.91 Å². The lowest BCUT2D eigenvalue weighted by atomic mass is 10.0. The molecule has 2 aromatic rings. The van der Waals surface area contributed by atoms with E-state index < -0.39 is 5.91 Å². The SMILES string of the molecule is CN=C(NCc1ccc(C(N)=O)cc1)NCC(c1ccc(F)cc1)N1CCOCC1. The van der Waals surface area contributed by atoms with Gasteiger partial charge in [-0.1, -0.05) is 24.3 Å². The minimum atomic E-state index is -0.443. The van der Waals surface area contributed by atoms with Crippen LogP contribution in [0.25, 0.3) is 0 Å². The number of rotatable bonds is 7. The van der Waals surface area contributed by atoms with Gasteiger partial charge in [0.15, 0.2) is 5.96 Å². The van der Waals surface area contributed by atoms with Crippen LogP contribution in [0.4, 0.5) is 4.39 Å². The van der Waals surface area contributed by atoms with Crippen molar-refractivity contribution in [1.82, 2.24) is 15.5 Å². The van der Waals surface area contributed by atoms with E-state index in [1.807, 2.05) is 24.3 Å². The number of guanidine groups is 1. The summed E-state index contributed by atoms with van der Waals surface area (Å²) in [5.41, 5.74) is 7.81. The number of benzene rings is 2. The number of halogens is 1. The van der Waals surface area contributed by atoms with Gasteiger partial charge in [0.25, 0.3) is 0 Å². The largest absolute Gasteiger partial charge is 0.379 e. The molecule has 2 aromatic carbocycles. The van der Waals surface area contributed by atoms with Crippen molar-refractivity contribution in [3.63, 3.8) is 0 Å². The molecule has 1 atom stereocenters. The maximum absolute atomic E-state index is 13.4. The number of amides is 1. The Morgan fingerprint density at radius 3 is 2.40 bits per heavy atom. The summed E-state index contributed by atoms with van der Waals surface area (Å²) in [6.07, 6.45) is 0. The molecule has 1 saturated heterocycles. The van der Waals surface area contributed by atoms with Gasteiger partial charge >= 0.3 is 0 Å². The molecule has 7 nitrogen and oxygen atoms in total. The fraction of sp³-hybridized carbons (Fsp3) is 0.364. The third kappa shape index (κ3) is 6.01. The number of nitrogens with two attached hydrogens (primary N) is 1. The molecule has 1 heterocycles.